The van der Waals surface area contributed by atoms with E-state index >= 15 is 0 Å². The zero-order chi connectivity index (χ0) is 11.5. The van der Waals surface area contributed by atoms with E-state index in [1.54, 1.807) is 0 Å². The Morgan fingerprint density at radius 3 is 2.33 bits per heavy atom. The summed E-state index contributed by atoms with van der Waals surface area (Å²) >= 11 is 0. The molecule has 90 valence electrons. The van der Waals surface area contributed by atoms with Crippen LogP contribution in [-0.2, 0) is 4.74 Å². The second-order valence-corrected chi connectivity index (χ2v) is 4.03. The molecule has 0 bridgehead atoms. The Morgan fingerprint density at radius 1 is 1.20 bits per heavy atom. The number of rotatable bonds is 10. The van der Waals surface area contributed by atoms with Gasteiger partial charge in [-0.25, -0.2) is 0 Å². The number of hydrogen-bond acceptors (Lipinski definition) is 3. The minimum absolute atomic E-state index is 0.515. The fraction of sp³-hybridized carbons (Fsp3) is 0.833. The zero-order valence-corrected chi connectivity index (χ0v) is 10.4. The summed E-state index contributed by atoms with van der Waals surface area (Å²) in [6.07, 6.45) is 2.13. The van der Waals surface area contributed by atoms with Crippen LogP contribution in [0.4, 0.5) is 0 Å². The van der Waals surface area contributed by atoms with Gasteiger partial charge in [0.1, 0.15) is 0 Å². The van der Waals surface area contributed by atoms with Crippen molar-refractivity contribution in [2.24, 2.45) is 5.92 Å². The Labute approximate surface area is 94.3 Å². The molecule has 0 aliphatic heterocycles. The molecule has 2 N–H and O–H groups in total. The van der Waals surface area contributed by atoms with Crippen molar-refractivity contribution in [1.29, 1.82) is 0 Å². The van der Waals surface area contributed by atoms with Gasteiger partial charge in [0.05, 0.1) is 0 Å². The van der Waals surface area contributed by atoms with Gasteiger partial charge in [0.25, 0.3) is 0 Å². The molecule has 0 amide bonds. The molecule has 0 spiro atoms. The Morgan fingerprint density at radius 2 is 1.80 bits per heavy atom. The Balaban J connectivity index is 3.08. The highest BCUT2D eigenvalue weighted by Gasteiger charge is 1.97. The lowest BCUT2D eigenvalue weighted by molar-refractivity contribution is 0.130. The molecular weight excluding hydrogens is 188 g/mol. The van der Waals surface area contributed by atoms with Crippen molar-refractivity contribution in [1.82, 2.24) is 10.6 Å². The third-order valence-electron chi connectivity index (χ3n) is 2.23. The smallest absolute Gasteiger partial charge is 0.0482 e. The Bertz CT molecular complexity index is 158. The minimum atomic E-state index is 0.515. The maximum absolute atomic E-state index is 5.47. The molecule has 0 saturated heterocycles. The minimum Gasteiger partial charge on any atom is -0.389 e. The first kappa shape index (κ1) is 14.5. The van der Waals surface area contributed by atoms with Gasteiger partial charge in [-0.1, -0.05) is 20.4 Å². The van der Waals surface area contributed by atoms with Gasteiger partial charge in [0.15, 0.2) is 0 Å². The molecule has 0 rings (SSSR count). The number of hydrogen-bond donors (Lipinski definition) is 2. The summed E-state index contributed by atoms with van der Waals surface area (Å²) in [4.78, 5) is 0. The summed E-state index contributed by atoms with van der Waals surface area (Å²) in [7, 11) is 1.96. The SMILES string of the molecule is C=C(NCCCOCCCNC)C(C)C. The summed E-state index contributed by atoms with van der Waals surface area (Å²) in [6.45, 7) is 11.9. The lowest BCUT2D eigenvalue weighted by Crippen LogP contribution is -2.19. The molecule has 0 aromatic rings. The first-order valence-electron chi connectivity index (χ1n) is 5.83. The highest BCUT2D eigenvalue weighted by atomic mass is 16.5. The summed E-state index contributed by atoms with van der Waals surface area (Å²) in [5.74, 6) is 0.515. The molecule has 0 fully saturated rings. The fourth-order valence-corrected chi connectivity index (χ4v) is 1.08. The molecule has 0 aliphatic rings. The quantitative estimate of drug-likeness (QED) is 0.544. The van der Waals surface area contributed by atoms with Crippen molar-refractivity contribution >= 4 is 0 Å². The lowest BCUT2D eigenvalue weighted by atomic mass is 10.1. The maximum atomic E-state index is 5.47. The van der Waals surface area contributed by atoms with E-state index in [1.165, 1.54) is 0 Å². The van der Waals surface area contributed by atoms with Crippen LogP contribution in [0.25, 0.3) is 0 Å². The molecule has 0 heterocycles. The highest BCUT2D eigenvalue weighted by molar-refractivity contribution is 4.93. The van der Waals surface area contributed by atoms with E-state index in [4.69, 9.17) is 4.74 Å². The third-order valence-corrected chi connectivity index (χ3v) is 2.23. The van der Waals surface area contributed by atoms with Gasteiger partial charge in [-0.05, 0) is 32.4 Å². The van der Waals surface area contributed by atoms with Crippen molar-refractivity contribution < 1.29 is 4.74 Å². The van der Waals surface area contributed by atoms with E-state index in [-0.39, 0.29) is 0 Å². The molecule has 0 atom stereocenters. The first-order chi connectivity index (χ1) is 7.18. The number of ether oxygens (including phenoxy) is 1. The predicted octanol–water partition coefficient (Wildman–Crippen LogP) is 1.76. The van der Waals surface area contributed by atoms with Gasteiger partial charge in [0.2, 0.25) is 0 Å². The molecule has 15 heavy (non-hydrogen) atoms. The molecule has 0 radical (unpaired) electrons. The van der Waals surface area contributed by atoms with Crippen LogP contribution in [-0.4, -0.2) is 33.4 Å². The summed E-state index contributed by atoms with van der Waals surface area (Å²) in [5, 5.41) is 6.39. The van der Waals surface area contributed by atoms with Gasteiger partial charge in [-0.2, -0.15) is 0 Å². The molecular formula is C12H26N2O. The monoisotopic (exact) mass is 214 g/mol. The molecule has 3 heteroatoms. The zero-order valence-electron chi connectivity index (χ0n) is 10.4. The standard InChI is InChI=1S/C12H26N2O/c1-11(2)12(3)14-8-6-10-15-9-5-7-13-4/h11,13-14H,3,5-10H2,1-2,4H3. The number of nitrogens with one attached hydrogen (secondary N) is 2. The summed E-state index contributed by atoms with van der Waals surface area (Å²) in [5.41, 5.74) is 1.12. The molecule has 0 aromatic carbocycles. The maximum Gasteiger partial charge on any atom is 0.0482 e. The highest BCUT2D eigenvalue weighted by Crippen LogP contribution is 2.01. The van der Waals surface area contributed by atoms with Gasteiger partial charge in [0, 0.05) is 25.5 Å². The van der Waals surface area contributed by atoms with Crippen LogP contribution in [0.5, 0.6) is 0 Å². The second-order valence-electron chi connectivity index (χ2n) is 4.03. The van der Waals surface area contributed by atoms with Crippen molar-refractivity contribution in [2.75, 3.05) is 33.4 Å². The first-order valence-corrected chi connectivity index (χ1v) is 5.83. The average molecular weight is 214 g/mol. The Kier molecular flexibility index (Phi) is 9.63. The van der Waals surface area contributed by atoms with Gasteiger partial charge in [-0.15, -0.1) is 0 Å². The summed E-state index contributed by atoms with van der Waals surface area (Å²) in [6, 6.07) is 0. The van der Waals surface area contributed by atoms with Gasteiger partial charge in [-0.3, -0.25) is 0 Å². The summed E-state index contributed by atoms with van der Waals surface area (Å²) < 4.78 is 5.47. The predicted molar refractivity (Wildman–Crippen MR) is 66.0 cm³/mol. The molecule has 0 aromatic heterocycles. The van der Waals surface area contributed by atoms with Crippen LogP contribution in [0, 0.1) is 5.92 Å². The van der Waals surface area contributed by atoms with Crippen LogP contribution >= 0.6 is 0 Å². The van der Waals surface area contributed by atoms with Gasteiger partial charge < -0.3 is 15.4 Å². The van der Waals surface area contributed by atoms with Gasteiger partial charge >= 0.3 is 0 Å². The van der Waals surface area contributed by atoms with E-state index in [1.807, 2.05) is 7.05 Å². The van der Waals surface area contributed by atoms with Crippen molar-refractivity contribution in [3.8, 4) is 0 Å². The second kappa shape index (κ2) is 9.99. The van der Waals surface area contributed by atoms with E-state index in [9.17, 15) is 0 Å². The topological polar surface area (TPSA) is 33.3 Å². The molecule has 0 unspecified atom stereocenters. The van der Waals surface area contributed by atoms with E-state index in [0.717, 1.165) is 44.8 Å². The largest absolute Gasteiger partial charge is 0.389 e. The normalized spacial score (nSPS) is 10.7. The van der Waals surface area contributed by atoms with Crippen LogP contribution in [0.1, 0.15) is 26.7 Å². The van der Waals surface area contributed by atoms with Crippen molar-refractivity contribution in [3.05, 3.63) is 12.3 Å². The average Bonchev–Trinajstić information content (AvgIpc) is 2.21. The third kappa shape index (κ3) is 9.76. The number of allylic oxidation sites excluding steroid dienone is 1. The van der Waals surface area contributed by atoms with Crippen LogP contribution in [0.3, 0.4) is 0 Å². The van der Waals surface area contributed by atoms with Crippen LogP contribution in [0.15, 0.2) is 12.3 Å². The van der Waals surface area contributed by atoms with E-state index in [0.29, 0.717) is 5.92 Å². The lowest BCUT2D eigenvalue weighted by Gasteiger charge is -2.12. The fourth-order valence-electron chi connectivity index (χ4n) is 1.08. The van der Waals surface area contributed by atoms with Crippen LogP contribution in [0.2, 0.25) is 0 Å². The van der Waals surface area contributed by atoms with Crippen molar-refractivity contribution in [2.45, 2.75) is 26.7 Å². The molecule has 0 aliphatic carbocycles. The molecule has 0 saturated carbocycles. The van der Waals surface area contributed by atoms with E-state index in [2.05, 4.69) is 31.1 Å². The Hall–Kier alpha value is -0.540. The molecule has 3 nitrogen and oxygen atoms in total. The van der Waals surface area contributed by atoms with Crippen molar-refractivity contribution in [3.63, 3.8) is 0 Å². The van der Waals surface area contributed by atoms with E-state index < -0.39 is 0 Å². The van der Waals surface area contributed by atoms with Crippen LogP contribution < -0.4 is 10.6 Å².